The lowest BCUT2D eigenvalue weighted by Gasteiger charge is -2.34. The van der Waals surface area contributed by atoms with Crippen LogP contribution in [0.15, 0.2) is 24.4 Å². The molecule has 2 heterocycles. The van der Waals surface area contributed by atoms with E-state index in [2.05, 4.69) is 18.1 Å². The standard InChI is InChI=1S/C24H33N3O4/c1-15-9-10-19(26(14-15)21(28)30-23(3,4)5)17-11-16(2)20-18(12-17)13-25-27(20)22(29)31-24(6,7)8/h10-13,15H,9,14H2,1-8H3. The third-order valence-corrected chi connectivity index (χ3v) is 4.83. The Labute approximate surface area is 184 Å². The molecule has 0 fully saturated rings. The average Bonchev–Trinajstić information content (AvgIpc) is 3.03. The van der Waals surface area contributed by atoms with Crippen LogP contribution < -0.4 is 0 Å². The predicted molar refractivity (Wildman–Crippen MR) is 121 cm³/mol. The number of aryl methyl sites for hydroxylation is 1. The van der Waals surface area contributed by atoms with Gasteiger partial charge < -0.3 is 9.47 Å². The van der Waals surface area contributed by atoms with E-state index in [4.69, 9.17) is 9.47 Å². The summed E-state index contributed by atoms with van der Waals surface area (Å²) in [7, 11) is 0. The summed E-state index contributed by atoms with van der Waals surface area (Å²) in [6, 6.07) is 3.93. The summed E-state index contributed by atoms with van der Waals surface area (Å²) in [5.41, 5.74) is 2.11. The number of hydrogen-bond donors (Lipinski definition) is 0. The van der Waals surface area contributed by atoms with Gasteiger partial charge in [-0.05, 0) is 84.1 Å². The number of benzene rings is 1. The van der Waals surface area contributed by atoms with E-state index in [9.17, 15) is 9.59 Å². The molecule has 1 aromatic carbocycles. The number of hydrogen-bond acceptors (Lipinski definition) is 5. The number of allylic oxidation sites excluding steroid dienone is 1. The number of ether oxygens (including phenoxy) is 2. The molecule has 0 saturated carbocycles. The normalized spacial score (nSPS) is 17.5. The van der Waals surface area contributed by atoms with E-state index < -0.39 is 17.3 Å². The highest BCUT2D eigenvalue weighted by Gasteiger charge is 2.30. The SMILES string of the molecule is Cc1cc(C2=CCC(C)CN2C(=O)OC(C)(C)C)cc2cnn(C(=O)OC(C)(C)C)c12. The molecule has 1 aliphatic heterocycles. The number of carbonyl (C=O) groups excluding carboxylic acids is 2. The van der Waals surface area contributed by atoms with E-state index >= 15 is 0 Å². The maximum absolute atomic E-state index is 12.9. The molecule has 7 heteroatoms. The summed E-state index contributed by atoms with van der Waals surface area (Å²) < 4.78 is 12.4. The molecule has 1 unspecified atom stereocenters. The van der Waals surface area contributed by atoms with Gasteiger partial charge in [0.2, 0.25) is 0 Å². The van der Waals surface area contributed by atoms with E-state index in [0.717, 1.165) is 28.6 Å². The number of aromatic nitrogens is 2. The van der Waals surface area contributed by atoms with Crippen molar-refractivity contribution >= 4 is 28.8 Å². The van der Waals surface area contributed by atoms with Gasteiger partial charge in [-0.1, -0.05) is 13.0 Å². The Morgan fingerprint density at radius 1 is 1.03 bits per heavy atom. The van der Waals surface area contributed by atoms with Crippen LogP contribution >= 0.6 is 0 Å². The smallest absolute Gasteiger partial charge is 0.435 e. The van der Waals surface area contributed by atoms with Crippen LogP contribution in [0.1, 0.15) is 66.0 Å². The maximum atomic E-state index is 12.9. The first kappa shape index (κ1) is 22.8. The van der Waals surface area contributed by atoms with Gasteiger partial charge in [0.15, 0.2) is 0 Å². The molecular formula is C24H33N3O4. The average molecular weight is 428 g/mol. The Kier molecular flexibility index (Phi) is 5.91. The van der Waals surface area contributed by atoms with Crippen LogP contribution in [0.2, 0.25) is 0 Å². The molecule has 0 spiro atoms. The summed E-state index contributed by atoms with van der Waals surface area (Å²) in [6.45, 7) is 15.7. The van der Waals surface area contributed by atoms with Crippen molar-refractivity contribution in [2.24, 2.45) is 5.92 Å². The Morgan fingerprint density at radius 2 is 1.65 bits per heavy atom. The van der Waals surface area contributed by atoms with E-state index in [0.29, 0.717) is 18.0 Å². The van der Waals surface area contributed by atoms with Gasteiger partial charge in [-0.15, -0.1) is 0 Å². The first-order chi connectivity index (χ1) is 14.2. The lowest BCUT2D eigenvalue weighted by atomic mass is 9.96. The summed E-state index contributed by atoms with van der Waals surface area (Å²) in [6.07, 6.45) is 3.74. The third kappa shape index (κ3) is 5.27. The molecular weight excluding hydrogens is 394 g/mol. The van der Waals surface area contributed by atoms with Crippen molar-refractivity contribution in [3.63, 3.8) is 0 Å². The minimum absolute atomic E-state index is 0.344. The molecule has 168 valence electrons. The Balaban J connectivity index is 2.00. The van der Waals surface area contributed by atoms with Crippen LogP contribution in [-0.2, 0) is 9.47 Å². The number of carbonyl (C=O) groups is 2. The second kappa shape index (κ2) is 8.02. The van der Waals surface area contributed by atoms with Crippen LogP contribution in [0.5, 0.6) is 0 Å². The summed E-state index contributed by atoms with van der Waals surface area (Å²) in [5.74, 6) is 0.344. The highest BCUT2D eigenvalue weighted by Crippen LogP contribution is 2.32. The fourth-order valence-corrected chi connectivity index (χ4v) is 3.63. The minimum Gasteiger partial charge on any atom is -0.443 e. The predicted octanol–water partition coefficient (Wildman–Crippen LogP) is 5.75. The van der Waals surface area contributed by atoms with Crippen molar-refractivity contribution < 1.29 is 19.1 Å². The van der Waals surface area contributed by atoms with Gasteiger partial charge in [0.05, 0.1) is 17.4 Å². The first-order valence-electron chi connectivity index (χ1n) is 10.7. The van der Waals surface area contributed by atoms with Gasteiger partial charge in [0.1, 0.15) is 11.2 Å². The maximum Gasteiger partial charge on any atom is 0.435 e. The van der Waals surface area contributed by atoms with E-state index in [1.165, 1.54) is 4.68 Å². The molecule has 0 aliphatic carbocycles. The Morgan fingerprint density at radius 3 is 2.26 bits per heavy atom. The number of nitrogens with zero attached hydrogens (tertiary/aromatic N) is 3. The van der Waals surface area contributed by atoms with Crippen LogP contribution in [0, 0.1) is 12.8 Å². The molecule has 2 aromatic rings. The monoisotopic (exact) mass is 427 g/mol. The lowest BCUT2D eigenvalue weighted by Crippen LogP contribution is -2.39. The highest BCUT2D eigenvalue weighted by molar-refractivity contribution is 5.93. The van der Waals surface area contributed by atoms with E-state index in [-0.39, 0.29) is 6.09 Å². The van der Waals surface area contributed by atoms with Gasteiger partial charge in [0, 0.05) is 11.9 Å². The number of amides is 1. The van der Waals surface area contributed by atoms with Crippen LogP contribution in [0.3, 0.4) is 0 Å². The van der Waals surface area contributed by atoms with Gasteiger partial charge >= 0.3 is 12.2 Å². The van der Waals surface area contributed by atoms with Crippen molar-refractivity contribution in [2.75, 3.05) is 6.54 Å². The summed E-state index contributed by atoms with van der Waals surface area (Å²) >= 11 is 0. The second-order valence-corrected chi connectivity index (χ2v) is 10.3. The van der Waals surface area contributed by atoms with Crippen molar-refractivity contribution in [3.8, 4) is 0 Å². The van der Waals surface area contributed by atoms with Gasteiger partial charge in [-0.25, -0.2) is 9.59 Å². The highest BCUT2D eigenvalue weighted by atomic mass is 16.6. The molecule has 31 heavy (non-hydrogen) atoms. The fourth-order valence-electron chi connectivity index (χ4n) is 3.63. The van der Waals surface area contributed by atoms with Crippen molar-refractivity contribution in [1.29, 1.82) is 0 Å². The van der Waals surface area contributed by atoms with Gasteiger partial charge in [-0.2, -0.15) is 9.78 Å². The molecule has 0 radical (unpaired) electrons. The van der Waals surface area contributed by atoms with Crippen LogP contribution in [-0.4, -0.2) is 44.6 Å². The fraction of sp³-hybridized carbons (Fsp3) is 0.542. The molecule has 7 nitrogen and oxygen atoms in total. The molecule has 1 amide bonds. The first-order valence-corrected chi connectivity index (χ1v) is 10.7. The third-order valence-electron chi connectivity index (χ3n) is 4.83. The number of fused-ring (bicyclic) bond motifs is 1. The van der Waals surface area contributed by atoms with E-state index in [1.807, 2.05) is 60.6 Å². The molecule has 1 atom stereocenters. The second-order valence-electron chi connectivity index (χ2n) is 10.3. The van der Waals surface area contributed by atoms with Crippen molar-refractivity contribution in [1.82, 2.24) is 14.7 Å². The molecule has 0 bridgehead atoms. The zero-order valence-corrected chi connectivity index (χ0v) is 19.8. The van der Waals surface area contributed by atoms with E-state index in [1.54, 1.807) is 11.1 Å². The lowest BCUT2D eigenvalue weighted by molar-refractivity contribution is 0.0327. The van der Waals surface area contributed by atoms with Gasteiger partial charge in [-0.3, -0.25) is 4.90 Å². The molecule has 1 aliphatic rings. The molecule has 0 N–H and O–H groups in total. The quantitative estimate of drug-likeness (QED) is 0.580. The zero-order chi connectivity index (χ0) is 23.1. The zero-order valence-electron chi connectivity index (χ0n) is 19.8. The number of rotatable bonds is 1. The molecule has 1 aromatic heterocycles. The van der Waals surface area contributed by atoms with Crippen LogP contribution in [0.25, 0.3) is 16.6 Å². The van der Waals surface area contributed by atoms with Crippen molar-refractivity contribution in [2.45, 2.75) is 73.0 Å². The largest absolute Gasteiger partial charge is 0.443 e. The summed E-state index contributed by atoms with van der Waals surface area (Å²) in [5, 5.41) is 5.07. The van der Waals surface area contributed by atoms with Crippen LogP contribution in [0.4, 0.5) is 9.59 Å². The topological polar surface area (TPSA) is 73.7 Å². The molecule has 0 saturated heterocycles. The van der Waals surface area contributed by atoms with Gasteiger partial charge in [0.25, 0.3) is 0 Å². The van der Waals surface area contributed by atoms with Crippen molar-refractivity contribution in [3.05, 3.63) is 35.5 Å². The Bertz CT molecular complexity index is 1040. The Hall–Kier alpha value is -2.83. The molecule has 3 rings (SSSR count). The summed E-state index contributed by atoms with van der Waals surface area (Å²) in [4.78, 5) is 27.2. The minimum atomic E-state index is -0.610.